The zero-order valence-electron chi connectivity index (χ0n) is 11.5. The van der Waals surface area contributed by atoms with Gasteiger partial charge >= 0.3 is 5.97 Å². The Bertz CT molecular complexity index is 459. The quantitative estimate of drug-likeness (QED) is 0.694. The fraction of sp³-hybridized carbons (Fsp3) is 0.500. The first-order valence-electron chi connectivity index (χ1n) is 6.49. The highest BCUT2D eigenvalue weighted by Crippen LogP contribution is 2.31. The molecular formula is C14H21ClN2O2. The van der Waals surface area contributed by atoms with E-state index in [2.05, 4.69) is 19.2 Å². The highest BCUT2D eigenvalue weighted by molar-refractivity contribution is 6.34. The summed E-state index contributed by atoms with van der Waals surface area (Å²) in [4.78, 5) is 11.3. The highest BCUT2D eigenvalue weighted by atomic mass is 35.5. The van der Waals surface area contributed by atoms with Crippen LogP contribution in [0.15, 0.2) is 12.1 Å². The lowest BCUT2D eigenvalue weighted by molar-refractivity contribution is 0.0698. The summed E-state index contributed by atoms with van der Waals surface area (Å²) in [6.45, 7) is 6.28. The molecule has 0 bridgehead atoms. The van der Waals surface area contributed by atoms with E-state index in [9.17, 15) is 9.90 Å². The van der Waals surface area contributed by atoms with Gasteiger partial charge in [-0.25, -0.2) is 4.79 Å². The van der Waals surface area contributed by atoms with Crippen LogP contribution in [-0.2, 0) is 0 Å². The summed E-state index contributed by atoms with van der Waals surface area (Å²) >= 11 is 6.11. The van der Waals surface area contributed by atoms with E-state index in [1.54, 1.807) is 6.07 Å². The van der Waals surface area contributed by atoms with Gasteiger partial charge in [0, 0.05) is 11.7 Å². The second kappa shape index (κ2) is 6.66. The van der Waals surface area contributed by atoms with Gasteiger partial charge in [0.2, 0.25) is 0 Å². The normalized spacial score (nSPS) is 12.5. The molecule has 0 fully saturated rings. The Balaban J connectivity index is 3.09. The van der Waals surface area contributed by atoms with E-state index >= 15 is 0 Å². The van der Waals surface area contributed by atoms with Crippen molar-refractivity contribution in [2.45, 2.75) is 39.7 Å². The number of aromatic carboxylic acids is 1. The van der Waals surface area contributed by atoms with Crippen molar-refractivity contribution >= 4 is 28.9 Å². The number of benzene rings is 1. The SMILES string of the molecule is CCC(CC)C(C)Nc1c(Cl)cc(N)cc1C(=O)O. The van der Waals surface area contributed by atoms with Crippen molar-refractivity contribution in [1.29, 1.82) is 0 Å². The van der Waals surface area contributed by atoms with Gasteiger partial charge in [0.25, 0.3) is 0 Å². The second-order valence-electron chi connectivity index (χ2n) is 4.74. The van der Waals surface area contributed by atoms with E-state index in [0.29, 0.717) is 22.3 Å². The Kier molecular flexibility index (Phi) is 5.48. The topological polar surface area (TPSA) is 75.3 Å². The maximum atomic E-state index is 11.3. The number of anilines is 2. The maximum absolute atomic E-state index is 11.3. The molecule has 0 heterocycles. The number of nitrogens with one attached hydrogen (secondary N) is 1. The minimum Gasteiger partial charge on any atom is -0.478 e. The second-order valence-corrected chi connectivity index (χ2v) is 5.15. The number of hydrogen-bond acceptors (Lipinski definition) is 3. The molecular weight excluding hydrogens is 264 g/mol. The van der Waals surface area contributed by atoms with E-state index in [1.807, 2.05) is 6.92 Å². The summed E-state index contributed by atoms with van der Waals surface area (Å²) in [6, 6.07) is 3.14. The van der Waals surface area contributed by atoms with Crippen molar-refractivity contribution in [1.82, 2.24) is 0 Å². The van der Waals surface area contributed by atoms with Crippen LogP contribution in [-0.4, -0.2) is 17.1 Å². The molecule has 0 radical (unpaired) electrons. The third kappa shape index (κ3) is 3.77. The highest BCUT2D eigenvalue weighted by Gasteiger charge is 2.19. The van der Waals surface area contributed by atoms with Crippen molar-refractivity contribution in [2.24, 2.45) is 5.92 Å². The minimum atomic E-state index is -1.03. The van der Waals surface area contributed by atoms with Gasteiger partial charge < -0.3 is 16.2 Å². The fourth-order valence-corrected chi connectivity index (χ4v) is 2.57. The molecule has 0 aliphatic rings. The van der Waals surface area contributed by atoms with Gasteiger partial charge in [0.05, 0.1) is 16.3 Å². The molecule has 1 unspecified atom stereocenters. The third-order valence-corrected chi connectivity index (χ3v) is 3.77. The Hall–Kier alpha value is -1.42. The lowest BCUT2D eigenvalue weighted by Crippen LogP contribution is -2.26. The van der Waals surface area contributed by atoms with Gasteiger partial charge in [-0.1, -0.05) is 38.3 Å². The summed E-state index contributed by atoms with van der Waals surface area (Å²) in [5.74, 6) is -0.566. The van der Waals surface area contributed by atoms with Crippen LogP contribution >= 0.6 is 11.6 Å². The Labute approximate surface area is 118 Å². The van der Waals surface area contributed by atoms with Crippen LogP contribution in [0.5, 0.6) is 0 Å². The van der Waals surface area contributed by atoms with E-state index in [-0.39, 0.29) is 11.6 Å². The summed E-state index contributed by atoms with van der Waals surface area (Å²) < 4.78 is 0. The van der Waals surface area contributed by atoms with Gasteiger partial charge in [-0.05, 0) is 25.0 Å². The smallest absolute Gasteiger partial charge is 0.337 e. The lowest BCUT2D eigenvalue weighted by atomic mass is 9.95. The molecule has 1 atom stereocenters. The molecule has 1 rings (SSSR count). The predicted octanol–water partition coefficient (Wildman–Crippen LogP) is 3.86. The molecule has 4 nitrogen and oxygen atoms in total. The van der Waals surface area contributed by atoms with Gasteiger partial charge in [0.15, 0.2) is 0 Å². The van der Waals surface area contributed by atoms with E-state index in [4.69, 9.17) is 17.3 Å². The molecule has 1 aromatic rings. The van der Waals surface area contributed by atoms with E-state index in [1.165, 1.54) is 6.07 Å². The van der Waals surface area contributed by atoms with Crippen LogP contribution in [0.3, 0.4) is 0 Å². The number of hydrogen-bond donors (Lipinski definition) is 3. The van der Waals surface area contributed by atoms with Gasteiger partial charge in [-0.2, -0.15) is 0 Å². The fourth-order valence-electron chi connectivity index (χ4n) is 2.28. The maximum Gasteiger partial charge on any atom is 0.337 e. The first-order chi connectivity index (χ1) is 8.90. The van der Waals surface area contributed by atoms with Crippen molar-refractivity contribution < 1.29 is 9.90 Å². The van der Waals surface area contributed by atoms with E-state index in [0.717, 1.165) is 12.8 Å². The molecule has 0 amide bonds. The number of nitrogen functional groups attached to an aromatic ring is 1. The number of rotatable bonds is 6. The van der Waals surface area contributed by atoms with Crippen LogP contribution < -0.4 is 11.1 Å². The molecule has 106 valence electrons. The molecule has 0 spiro atoms. The number of carbonyl (C=O) groups is 1. The monoisotopic (exact) mass is 284 g/mol. The van der Waals surface area contributed by atoms with Gasteiger partial charge in [0.1, 0.15) is 0 Å². The summed E-state index contributed by atoms with van der Waals surface area (Å²) in [6.07, 6.45) is 2.05. The molecule has 5 heteroatoms. The molecule has 0 aliphatic carbocycles. The zero-order chi connectivity index (χ0) is 14.6. The van der Waals surface area contributed by atoms with Crippen LogP contribution in [0.25, 0.3) is 0 Å². The number of carboxylic acids is 1. The van der Waals surface area contributed by atoms with Crippen molar-refractivity contribution in [3.63, 3.8) is 0 Å². The zero-order valence-corrected chi connectivity index (χ0v) is 12.3. The molecule has 0 aromatic heterocycles. The summed E-state index contributed by atoms with van der Waals surface area (Å²) in [7, 11) is 0. The minimum absolute atomic E-state index is 0.114. The third-order valence-electron chi connectivity index (χ3n) is 3.47. The van der Waals surface area contributed by atoms with Crippen molar-refractivity contribution in [3.8, 4) is 0 Å². The predicted molar refractivity (Wildman–Crippen MR) is 80.0 cm³/mol. The number of nitrogens with two attached hydrogens (primary N) is 1. The lowest BCUT2D eigenvalue weighted by Gasteiger charge is -2.25. The Morgan fingerprint density at radius 1 is 1.42 bits per heavy atom. The Morgan fingerprint density at radius 3 is 2.47 bits per heavy atom. The van der Waals surface area contributed by atoms with Crippen LogP contribution in [0, 0.1) is 5.92 Å². The van der Waals surface area contributed by atoms with Crippen molar-refractivity contribution in [3.05, 3.63) is 22.7 Å². The van der Waals surface area contributed by atoms with Gasteiger partial charge in [-0.3, -0.25) is 0 Å². The van der Waals surface area contributed by atoms with Gasteiger partial charge in [-0.15, -0.1) is 0 Å². The molecule has 4 N–H and O–H groups in total. The summed E-state index contributed by atoms with van der Waals surface area (Å²) in [5.41, 5.74) is 6.54. The average molecular weight is 285 g/mol. The number of carboxylic acid groups (broad SMARTS) is 1. The summed E-state index contributed by atoms with van der Waals surface area (Å²) in [5, 5.41) is 12.8. The van der Waals surface area contributed by atoms with Crippen LogP contribution in [0.4, 0.5) is 11.4 Å². The first-order valence-corrected chi connectivity index (χ1v) is 6.87. The largest absolute Gasteiger partial charge is 0.478 e. The molecule has 19 heavy (non-hydrogen) atoms. The standard InChI is InChI=1S/C14H21ClN2O2/c1-4-9(5-2)8(3)17-13-11(14(18)19)6-10(16)7-12(13)15/h6-9,17H,4-5,16H2,1-3H3,(H,18,19). The van der Waals surface area contributed by atoms with Crippen LogP contribution in [0.2, 0.25) is 5.02 Å². The Morgan fingerprint density at radius 2 is 2.00 bits per heavy atom. The van der Waals surface area contributed by atoms with Crippen LogP contribution in [0.1, 0.15) is 44.0 Å². The first kappa shape index (κ1) is 15.6. The molecule has 0 saturated heterocycles. The van der Waals surface area contributed by atoms with E-state index < -0.39 is 5.97 Å². The van der Waals surface area contributed by atoms with Crippen molar-refractivity contribution in [2.75, 3.05) is 11.1 Å². The molecule has 0 saturated carbocycles. The number of halogens is 1. The molecule has 1 aromatic carbocycles. The average Bonchev–Trinajstić information content (AvgIpc) is 2.33. The molecule has 0 aliphatic heterocycles.